The Balaban J connectivity index is 1.26. The number of rotatable bonds is 5. The molecule has 11 aromatic rings. The lowest BCUT2D eigenvalue weighted by Crippen LogP contribution is -2.50. The van der Waals surface area contributed by atoms with Crippen LogP contribution in [0.5, 0.6) is 0 Å². The van der Waals surface area contributed by atoms with Gasteiger partial charge in [-0.25, -0.2) is 15.0 Å². The van der Waals surface area contributed by atoms with Gasteiger partial charge in [0, 0.05) is 44.1 Å². The van der Waals surface area contributed by atoms with Gasteiger partial charge in [-0.3, -0.25) is 0 Å². The summed E-state index contributed by atoms with van der Waals surface area (Å²) in [5.41, 5.74) is 3.58. The maximum Gasteiger partial charge on any atom is 0.164 e. The van der Waals surface area contributed by atoms with Gasteiger partial charge in [0.2, 0.25) is 0 Å². The van der Waals surface area contributed by atoms with Crippen molar-refractivity contribution in [2.45, 2.75) is 0 Å². The van der Waals surface area contributed by atoms with E-state index in [1.165, 1.54) is 0 Å². The topological polar surface area (TPSA) is 56.7 Å². The fraction of sp³-hybridized carbons (Fsp3) is 0. The van der Waals surface area contributed by atoms with Crippen LogP contribution >= 0.6 is 0 Å². The van der Waals surface area contributed by atoms with Crippen molar-refractivity contribution in [1.29, 1.82) is 0 Å². The van der Waals surface area contributed by atoms with Gasteiger partial charge >= 0.3 is 0 Å². The Morgan fingerprint density at radius 2 is 0.671 bits per heavy atom. The molecule has 284 valence electrons. The Morgan fingerprint density at radius 1 is 0.286 bits per heavy atom. The van der Waals surface area contributed by atoms with Gasteiger partial charge in [0.15, 0.2) is 17.5 Å². The average Bonchev–Trinajstić information content (AvgIpc) is 3.94. The highest BCUT2D eigenvalue weighted by molar-refractivity contribution is 6.74. The molecule has 0 aliphatic rings. The quantitative estimate of drug-likeness (QED) is 0.162. The first-order valence-electron chi connectivity index (χ1n) is 21.4. The SMILES string of the molecule is [B]c1c([B])c(-c2nc(-c3ccccc3)nc(-c3ccc(-c4ccccc4)cc3)n2)c2c(oc3c([B])c(-n4c5c([B])c([B])c([B])c([B])c5c5c([B])c([B])c6c([B])c([B])c([B])c([B])c6c54)c([B])c([B])c32)c1[B]. The van der Waals surface area contributed by atoms with Crippen LogP contribution in [0.3, 0.4) is 0 Å². The first-order valence-corrected chi connectivity index (χ1v) is 21.4. The number of hydrogen-bond acceptors (Lipinski definition) is 4. The van der Waals surface area contributed by atoms with Gasteiger partial charge in [0.25, 0.3) is 0 Å². The first kappa shape index (κ1) is 46.1. The summed E-state index contributed by atoms with van der Waals surface area (Å²) in [4.78, 5) is 14.9. The second-order valence-corrected chi connectivity index (χ2v) is 17.0. The molecule has 0 amide bonds. The number of furan rings is 1. The van der Waals surface area contributed by atoms with Crippen LogP contribution in [0.2, 0.25) is 0 Å². The summed E-state index contributed by atoms with van der Waals surface area (Å²) in [7, 11) is 109. The molecule has 0 aliphatic heterocycles. The minimum Gasteiger partial charge on any atom is -0.457 e. The standard InChI is InChI=1S/C49H14B16N4O/c50-26-20-21(29(53)34(58)33(57)27(20)51)42-22(28(26)52)23-30(54)35(59)37(61)39(63)43(23)69(42)44-38(62)31(55)24-19-25(32(56)36(60)40(64)45(19)70-46(24)41(44)65)49-67-47(17-9-5-2-6-10-17)66-48(68-49)18-13-11-16(12-14-18)15-7-3-1-4-8-15/h1-14H. The molecule has 32 radical (unpaired) electrons. The van der Waals surface area contributed by atoms with Crippen LogP contribution in [0.4, 0.5) is 0 Å². The van der Waals surface area contributed by atoms with Crippen LogP contribution in [0.1, 0.15) is 0 Å². The van der Waals surface area contributed by atoms with E-state index >= 15 is 0 Å². The molecule has 0 saturated carbocycles. The van der Waals surface area contributed by atoms with E-state index in [4.69, 9.17) is 145 Å². The third kappa shape index (κ3) is 6.44. The Labute approximate surface area is 424 Å². The van der Waals surface area contributed by atoms with E-state index < -0.39 is 0 Å². The second-order valence-electron chi connectivity index (χ2n) is 17.0. The molecule has 0 atom stereocenters. The van der Waals surface area contributed by atoms with Crippen molar-refractivity contribution in [3.63, 3.8) is 0 Å². The van der Waals surface area contributed by atoms with Crippen molar-refractivity contribution in [3.8, 4) is 51.0 Å². The minimum absolute atomic E-state index is 0.00219. The van der Waals surface area contributed by atoms with Gasteiger partial charge in [-0.05, 0) is 32.7 Å². The van der Waals surface area contributed by atoms with Crippen LogP contribution in [0.25, 0.3) is 105 Å². The predicted molar refractivity (Wildman–Crippen MR) is 307 cm³/mol. The largest absolute Gasteiger partial charge is 0.457 e. The Hall–Kier alpha value is -6.33. The summed E-state index contributed by atoms with van der Waals surface area (Å²) in [6.07, 6.45) is 0. The molecule has 3 aromatic heterocycles. The molecule has 0 bridgehead atoms. The molecule has 0 aliphatic carbocycles. The van der Waals surface area contributed by atoms with Crippen LogP contribution in [-0.2, 0) is 0 Å². The summed E-state index contributed by atoms with van der Waals surface area (Å²) in [5, 5.41) is 1.28. The monoisotopic (exact) mass is 850 g/mol. The van der Waals surface area contributed by atoms with E-state index in [-0.39, 0.29) is 159 Å². The normalized spacial score (nSPS) is 11.8. The zero-order valence-electron chi connectivity index (χ0n) is 37.0. The number of benzene rings is 8. The molecule has 0 fully saturated rings. The smallest absolute Gasteiger partial charge is 0.164 e. The van der Waals surface area contributed by atoms with Crippen LogP contribution in [0, 0.1) is 0 Å². The molecule has 0 unspecified atom stereocenters. The van der Waals surface area contributed by atoms with Gasteiger partial charge in [-0.1, -0.05) is 140 Å². The molecular weight excluding hydrogens is 834 g/mol. The maximum absolute atomic E-state index is 7.31. The Morgan fingerprint density at radius 3 is 1.26 bits per heavy atom. The van der Waals surface area contributed by atoms with Crippen LogP contribution < -0.4 is 87.4 Å². The van der Waals surface area contributed by atoms with Crippen LogP contribution in [-0.4, -0.2) is 145 Å². The Bertz CT molecular complexity index is 4120. The van der Waals surface area contributed by atoms with E-state index in [1.807, 2.05) is 84.9 Å². The molecule has 0 N–H and O–H groups in total. The average molecular weight is 848 g/mol. The molecule has 0 spiro atoms. The third-order valence-electron chi connectivity index (χ3n) is 13.2. The number of fused-ring (bicyclic) bond motifs is 8. The highest BCUT2D eigenvalue weighted by atomic mass is 16.3. The maximum atomic E-state index is 7.31. The van der Waals surface area contributed by atoms with E-state index in [0.29, 0.717) is 22.8 Å². The van der Waals surface area contributed by atoms with E-state index in [0.717, 1.165) is 11.1 Å². The lowest BCUT2D eigenvalue weighted by atomic mass is 9.61. The van der Waals surface area contributed by atoms with Crippen molar-refractivity contribution in [2.75, 3.05) is 0 Å². The zero-order valence-corrected chi connectivity index (χ0v) is 37.0. The summed E-state index contributed by atoms with van der Waals surface area (Å²) in [6, 6.07) is 27.2. The van der Waals surface area contributed by atoms with Crippen molar-refractivity contribution in [2.24, 2.45) is 0 Å². The third-order valence-corrected chi connectivity index (χ3v) is 13.2. The molecule has 21 heteroatoms. The summed E-state index contributed by atoms with van der Waals surface area (Å²) >= 11 is 0. The lowest BCUT2D eigenvalue weighted by Gasteiger charge is -2.24. The van der Waals surface area contributed by atoms with Gasteiger partial charge in [-0.2, -0.15) is 0 Å². The molecule has 3 heterocycles. The van der Waals surface area contributed by atoms with Crippen molar-refractivity contribution in [3.05, 3.63) is 84.9 Å². The number of nitrogens with zero attached hydrogens (tertiary/aromatic N) is 4. The van der Waals surface area contributed by atoms with E-state index in [2.05, 4.69) is 0 Å². The highest BCUT2D eigenvalue weighted by Crippen LogP contribution is 2.36. The molecule has 5 nitrogen and oxygen atoms in total. The lowest BCUT2D eigenvalue weighted by molar-refractivity contribution is 0.674. The van der Waals surface area contributed by atoms with Gasteiger partial charge in [0.05, 0.1) is 5.52 Å². The van der Waals surface area contributed by atoms with E-state index in [9.17, 15) is 0 Å². The summed E-state index contributed by atoms with van der Waals surface area (Å²) in [6.45, 7) is 0. The molecule has 70 heavy (non-hydrogen) atoms. The van der Waals surface area contributed by atoms with Crippen LogP contribution in [0.15, 0.2) is 89.3 Å². The fourth-order valence-electron chi connectivity index (χ4n) is 9.59. The molecule has 0 saturated heterocycles. The van der Waals surface area contributed by atoms with Crippen molar-refractivity contribution in [1.82, 2.24) is 19.5 Å². The molecular formula is C49H14B16N4O. The summed E-state index contributed by atoms with van der Waals surface area (Å²) in [5.74, 6) is 0.762. The highest BCUT2D eigenvalue weighted by Gasteiger charge is 2.30. The molecule has 11 rings (SSSR count). The molecule has 8 aromatic carbocycles. The van der Waals surface area contributed by atoms with Gasteiger partial charge in [-0.15, -0.1) is 27.3 Å². The fourth-order valence-corrected chi connectivity index (χ4v) is 9.59. The van der Waals surface area contributed by atoms with Crippen molar-refractivity contribution >= 4 is 267 Å². The Kier molecular flexibility index (Phi) is 11.0. The summed E-state index contributed by atoms with van der Waals surface area (Å²) < 4.78 is 8.21. The number of aromatic nitrogens is 4. The zero-order chi connectivity index (χ0) is 49.5. The second kappa shape index (κ2) is 16.6. The number of hydrogen-bond donors (Lipinski definition) is 0. The minimum atomic E-state index is -0.0990. The predicted octanol–water partition coefficient (Wildman–Crippen LogP) is -6.61. The van der Waals surface area contributed by atoms with Gasteiger partial charge in [0.1, 0.15) is 137 Å². The van der Waals surface area contributed by atoms with Gasteiger partial charge < -0.3 is 8.98 Å². The first-order chi connectivity index (χ1) is 33.4. The van der Waals surface area contributed by atoms with E-state index in [1.54, 1.807) is 4.57 Å². The van der Waals surface area contributed by atoms with Crippen molar-refractivity contribution < 1.29 is 4.42 Å².